The number of hydrogen-bond donors (Lipinski definition) is 2. The second-order valence-corrected chi connectivity index (χ2v) is 4.54. The molecule has 1 unspecified atom stereocenters. The first-order valence-corrected chi connectivity index (χ1v) is 4.93. The van der Waals surface area contributed by atoms with Gasteiger partial charge in [-0.05, 0) is 18.3 Å². The molecule has 1 aromatic heterocycles. The van der Waals surface area contributed by atoms with Gasteiger partial charge in [0.25, 0.3) is 0 Å². The molecule has 0 saturated heterocycles. The molecule has 2 rings (SSSR count). The second-order valence-electron chi connectivity index (χ2n) is 4.54. The maximum atomic E-state index is 3.99. The van der Waals surface area contributed by atoms with Gasteiger partial charge in [0.1, 0.15) is 5.82 Å². The monoisotopic (exact) mass is 179 g/mol. The number of anilines is 1. The van der Waals surface area contributed by atoms with Gasteiger partial charge < -0.3 is 10.3 Å². The summed E-state index contributed by atoms with van der Waals surface area (Å²) in [4.78, 5) is 7.07. The highest BCUT2D eigenvalue weighted by molar-refractivity contribution is 5.33. The van der Waals surface area contributed by atoms with Gasteiger partial charge in [0.2, 0.25) is 0 Å². The third kappa shape index (κ3) is 1.69. The number of nitrogens with zero attached hydrogens (tertiary/aromatic N) is 1. The molecule has 0 bridgehead atoms. The van der Waals surface area contributed by atoms with E-state index in [1.54, 1.807) is 6.33 Å². The average molecular weight is 179 g/mol. The number of aromatic amines is 1. The van der Waals surface area contributed by atoms with E-state index in [9.17, 15) is 0 Å². The molecule has 1 fully saturated rings. The van der Waals surface area contributed by atoms with Crippen LogP contribution in [-0.2, 0) is 0 Å². The van der Waals surface area contributed by atoms with Crippen molar-refractivity contribution in [1.82, 2.24) is 9.97 Å². The van der Waals surface area contributed by atoms with Crippen LogP contribution in [0.25, 0.3) is 0 Å². The van der Waals surface area contributed by atoms with Crippen molar-refractivity contribution < 1.29 is 0 Å². The van der Waals surface area contributed by atoms with Crippen molar-refractivity contribution in [3.8, 4) is 0 Å². The number of rotatable bonds is 2. The number of nitrogens with one attached hydrogen (secondary N) is 2. The first-order chi connectivity index (χ1) is 6.18. The molecule has 0 radical (unpaired) electrons. The fourth-order valence-electron chi connectivity index (χ4n) is 2.12. The highest BCUT2D eigenvalue weighted by atomic mass is 15.1. The Labute approximate surface area is 79.0 Å². The van der Waals surface area contributed by atoms with Crippen LogP contribution in [0.1, 0.15) is 33.1 Å². The average Bonchev–Trinajstić information content (AvgIpc) is 2.63. The van der Waals surface area contributed by atoms with Gasteiger partial charge in [0, 0.05) is 6.04 Å². The van der Waals surface area contributed by atoms with Crippen molar-refractivity contribution in [2.24, 2.45) is 5.41 Å². The first kappa shape index (κ1) is 8.60. The summed E-state index contributed by atoms with van der Waals surface area (Å²) < 4.78 is 0. The molecule has 0 amide bonds. The molecule has 0 aromatic carbocycles. The number of imidazole rings is 1. The van der Waals surface area contributed by atoms with E-state index in [0.717, 1.165) is 5.82 Å². The van der Waals surface area contributed by atoms with Gasteiger partial charge in [-0.3, -0.25) is 0 Å². The van der Waals surface area contributed by atoms with E-state index in [4.69, 9.17) is 0 Å². The summed E-state index contributed by atoms with van der Waals surface area (Å²) >= 11 is 0. The minimum atomic E-state index is 0.422. The fraction of sp³-hybridized carbons (Fsp3) is 0.700. The topological polar surface area (TPSA) is 40.7 Å². The Balaban J connectivity index is 2.02. The van der Waals surface area contributed by atoms with Crippen LogP contribution in [0.3, 0.4) is 0 Å². The Hall–Kier alpha value is -0.990. The van der Waals surface area contributed by atoms with E-state index in [0.29, 0.717) is 11.5 Å². The van der Waals surface area contributed by atoms with Gasteiger partial charge in [-0.25, -0.2) is 4.98 Å². The summed E-state index contributed by atoms with van der Waals surface area (Å²) in [5.41, 5.74) is 0.422. The summed E-state index contributed by atoms with van der Waals surface area (Å²) in [6.07, 6.45) is 7.47. The van der Waals surface area contributed by atoms with Crippen LogP contribution in [0, 0.1) is 5.41 Å². The molecule has 1 aliphatic rings. The Morgan fingerprint density at radius 3 is 3.00 bits per heavy atom. The Kier molecular flexibility index (Phi) is 2.02. The second kappa shape index (κ2) is 3.05. The summed E-state index contributed by atoms with van der Waals surface area (Å²) in [7, 11) is 0. The molecule has 72 valence electrons. The van der Waals surface area contributed by atoms with E-state index in [1.807, 2.05) is 6.20 Å². The van der Waals surface area contributed by atoms with E-state index in [-0.39, 0.29) is 0 Å². The third-order valence-corrected chi connectivity index (χ3v) is 3.09. The maximum absolute atomic E-state index is 3.99. The zero-order valence-corrected chi connectivity index (χ0v) is 8.30. The molecular formula is C10H17N3. The van der Waals surface area contributed by atoms with Crippen molar-refractivity contribution in [3.05, 3.63) is 12.5 Å². The van der Waals surface area contributed by atoms with E-state index in [1.165, 1.54) is 19.3 Å². The smallest absolute Gasteiger partial charge is 0.123 e. The Morgan fingerprint density at radius 1 is 1.62 bits per heavy atom. The zero-order chi connectivity index (χ0) is 9.31. The highest BCUT2D eigenvalue weighted by Crippen LogP contribution is 2.38. The summed E-state index contributed by atoms with van der Waals surface area (Å²) in [6.45, 7) is 4.65. The molecule has 1 saturated carbocycles. The lowest BCUT2D eigenvalue weighted by Gasteiger charge is -2.27. The van der Waals surface area contributed by atoms with Gasteiger partial charge in [-0.2, -0.15) is 0 Å². The Bertz CT molecular complexity index is 264. The largest absolute Gasteiger partial charge is 0.367 e. The molecule has 13 heavy (non-hydrogen) atoms. The van der Waals surface area contributed by atoms with Crippen LogP contribution >= 0.6 is 0 Å². The van der Waals surface area contributed by atoms with Crippen LogP contribution in [0.5, 0.6) is 0 Å². The van der Waals surface area contributed by atoms with Crippen LogP contribution in [0.2, 0.25) is 0 Å². The van der Waals surface area contributed by atoms with Crippen LogP contribution in [-0.4, -0.2) is 16.0 Å². The SMILES string of the molecule is CC1(C)CCCC1Nc1cnc[nH]1. The minimum absolute atomic E-state index is 0.422. The Morgan fingerprint density at radius 2 is 2.46 bits per heavy atom. The zero-order valence-electron chi connectivity index (χ0n) is 8.30. The van der Waals surface area contributed by atoms with Gasteiger partial charge >= 0.3 is 0 Å². The van der Waals surface area contributed by atoms with Crippen molar-refractivity contribution >= 4 is 5.82 Å². The number of aromatic nitrogens is 2. The maximum Gasteiger partial charge on any atom is 0.123 e. The molecule has 1 aromatic rings. The van der Waals surface area contributed by atoms with Gasteiger partial charge in [0.15, 0.2) is 0 Å². The standard InChI is InChI=1S/C10H17N3/c1-10(2)5-3-4-8(10)13-9-6-11-7-12-9/h6-8,13H,3-5H2,1-2H3,(H,11,12). The predicted molar refractivity (Wildman–Crippen MR) is 53.6 cm³/mol. The molecule has 1 heterocycles. The molecule has 2 N–H and O–H groups in total. The molecule has 1 atom stereocenters. The summed E-state index contributed by atoms with van der Waals surface area (Å²) in [6, 6.07) is 0.591. The molecule has 0 aliphatic heterocycles. The van der Waals surface area contributed by atoms with Crippen LogP contribution in [0.4, 0.5) is 5.82 Å². The molecule has 0 spiro atoms. The highest BCUT2D eigenvalue weighted by Gasteiger charge is 2.34. The van der Waals surface area contributed by atoms with Crippen LogP contribution in [0.15, 0.2) is 12.5 Å². The molecule has 3 heteroatoms. The van der Waals surface area contributed by atoms with E-state index < -0.39 is 0 Å². The fourth-order valence-corrected chi connectivity index (χ4v) is 2.12. The van der Waals surface area contributed by atoms with Gasteiger partial charge in [-0.1, -0.05) is 20.3 Å². The summed E-state index contributed by atoms with van der Waals surface area (Å²) in [5, 5.41) is 3.49. The van der Waals surface area contributed by atoms with Crippen molar-refractivity contribution in [2.75, 3.05) is 5.32 Å². The van der Waals surface area contributed by atoms with E-state index >= 15 is 0 Å². The number of H-pyrrole nitrogens is 1. The van der Waals surface area contributed by atoms with Crippen molar-refractivity contribution in [3.63, 3.8) is 0 Å². The molecular weight excluding hydrogens is 162 g/mol. The van der Waals surface area contributed by atoms with Gasteiger partial charge in [-0.15, -0.1) is 0 Å². The minimum Gasteiger partial charge on any atom is -0.367 e. The van der Waals surface area contributed by atoms with Crippen LogP contribution < -0.4 is 5.32 Å². The molecule has 3 nitrogen and oxygen atoms in total. The van der Waals surface area contributed by atoms with Gasteiger partial charge in [0.05, 0.1) is 12.5 Å². The summed E-state index contributed by atoms with van der Waals surface area (Å²) in [5.74, 6) is 1.04. The first-order valence-electron chi connectivity index (χ1n) is 4.93. The third-order valence-electron chi connectivity index (χ3n) is 3.09. The van der Waals surface area contributed by atoms with E-state index in [2.05, 4.69) is 29.1 Å². The quantitative estimate of drug-likeness (QED) is 0.732. The lowest BCUT2D eigenvalue weighted by molar-refractivity contribution is 0.349. The lowest BCUT2D eigenvalue weighted by atomic mass is 9.87. The van der Waals surface area contributed by atoms with Crippen molar-refractivity contribution in [1.29, 1.82) is 0 Å². The lowest BCUT2D eigenvalue weighted by Crippen LogP contribution is -2.30. The van der Waals surface area contributed by atoms with Crippen molar-refractivity contribution in [2.45, 2.75) is 39.2 Å². The number of hydrogen-bond acceptors (Lipinski definition) is 2. The normalized spacial score (nSPS) is 26.2. The molecule has 1 aliphatic carbocycles. The predicted octanol–water partition coefficient (Wildman–Crippen LogP) is 2.40.